The number of nitrogens with one attached hydrogen (secondary N) is 1. The molecule has 4 nitrogen and oxygen atoms in total. The van der Waals surface area contributed by atoms with E-state index in [1.165, 1.54) is 0 Å². The van der Waals surface area contributed by atoms with Crippen LogP contribution in [0.3, 0.4) is 0 Å². The van der Waals surface area contributed by atoms with Crippen LogP contribution in [0, 0.1) is 0 Å². The second-order valence-corrected chi connectivity index (χ2v) is 6.31. The van der Waals surface area contributed by atoms with Gasteiger partial charge in [0.05, 0.1) is 7.11 Å². The number of ether oxygens (including phenoxy) is 2. The largest absolute Gasteiger partial charge is 0.496 e. The molecule has 0 saturated heterocycles. The third kappa shape index (κ3) is 5.02. The summed E-state index contributed by atoms with van der Waals surface area (Å²) in [4.78, 5) is 12.5. The van der Waals surface area contributed by atoms with E-state index in [0.717, 1.165) is 16.9 Å². The molecule has 0 aliphatic rings. The van der Waals surface area contributed by atoms with Gasteiger partial charge >= 0.3 is 0 Å². The van der Waals surface area contributed by atoms with Crippen LogP contribution < -0.4 is 14.8 Å². The molecular weight excluding hydrogens is 362 g/mol. The van der Waals surface area contributed by atoms with E-state index in [9.17, 15) is 4.79 Å². The average Bonchev–Trinajstić information content (AvgIpc) is 2.72. The van der Waals surface area contributed by atoms with Gasteiger partial charge in [0, 0.05) is 28.3 Å². The highest BCUT2D eigenvalue weighted by atomic mass is 35.5. The molecule has 1 N–H and O–H groups in total. The molecule has 3 rings (SSSR count). The minimum atomic E-state index is -0.177. The van der Waals surface area contributed by atoms with Gasteiger partial charge in [-0.1, -0.05) is 54.1 Å². The topological polar surface area (TPSA) is 47.6 Å². The first-order valence-electron chi connectivity index (χ1n) is 8.54. The number of benzene rings is 3. The second kappa shape index (κ2) is 9.10. The summed E-state index contributed by atoms with van der Waals surface area (Å²) >= 11 is 6.14. The highest BCUT2D eigenvalue weighted by Gasteiger charge is 2.09. The first kappa shape index (κ1) is 18.8. The Balaban J connectivity index is 1.62. The Hall–Kier alpha value is -2.98. The van der Waals surface area contributed by atoms with Gasteiger partial charge in [-0.05, 0) is 30.3 Å². The zero-order chi connectivity index (χ0) is 19.1. The van der Waals surface area contributed by atoms with E-state index in [1.807, 2.05) is 54.6 Å². The van der Waals surface area contributed by atoms with Crippen molar-refractivity contribution in [2.24, 2.45) is 0 Å². The van der Waals surface area contributed by atoms with Gasteiger partial charge in [0.25, 0.3) is 5.91 Å². The van der Waals surface area contributed by atoms with Crippen LogP contribution in [0.2, 0.25) is 5.02 Å². The fourth-order valence-electron chi connectivity index (χ4n) is 2.63. The zero-order valence-electron chi connectivity index (χ0n) is 14.9. The minimum absolute atomic E-state index is 0.177. The Morgan fingerprint density at radius 2 is 1.70 bits per heavy atom. The number of hydrogen-bond acceptors (Lipinski definition) is 3. The Morgan fingerprint density at radius 3 is 2.48 bits per heavy atom. The van der Waals surface area contributed by atoms with Gasteiger partial charge in [-0.25, -0.2) is 0 Å². The van der Waals surface area contributed by atoms with Crippen LogP contribution in [-0.2, 0) is 13.2 Å². The summed E-state index contributed by atoms with van der Waals surface area (Å²) in [5.41, 5.74) is 2.34. The third-order valence-corrected chi connectivity index (χ3v) is 4.45. The van der Waals surface area contributed by atoms with Crippen LogP contribution in [0.25, 0.3) is 0 Å². The Kier molecular flexibility index (Phi) is 6.34. The Bertz CT molecular complexity index is 927. The van der Waals surface area contributed by atoms with Crippen molar-refractivity contribution >= 4 is 17.5 Å². The standard InChI is InChI=1S/C22H20ClNO3/c1-26-21-12-5-3-7-17(21)14-24-22(25)16-9-6-10-19(13-16)27-15-18-8-2-4-11-20(18)23/h2-13H,14-15H2,1H3,(H,24,25). The van der Waals surface area contributed by atoms with Gasteiger partial charge in [0.2, 0.25) is 0 Å². The summed E-state index contributed by atoms with van der Waals surface area (Å²) in [5.74, 6) is 1.18. The van der Waals surface area contributed by atoms with E-state index in [1.54, 1.807) is 25.3 Å². The van der Waals surface area contributed by atoms with Crippen LogP contribution in [-0.4, -0.2) is 13.0 Å². The third-order valence-electron chi connectivity index (χ3n) is 4.08. The molecule has 0 unspecified atom stereocenters. The van der Waals surface area contributed by atoms with Crippen LogP contribution in [0.5, 0.6) is 11.5 Å². The molecular formula is C22H20ClNO3. The second-order valence-electron chi connectivity index (χ2n) is 5.90. The number of rotatable bonds is 7. The van der Waals surface area contributed by atoms with Crippen molar-refractivity contribution < 1.29 is 14.3 Å². The number of amides is 1. The van der Waals surface area contributed by atoms with Crippen LogP contribution in [0.1, 0.15) is 21.5 Å². The predicted molar refractivity (Wildman–Crippen MR) is 106 cm³/mol. The van der Waals surface area contributed by atoms with Gasteiger partial charge in [-0.2, -0.15) is 0 Å². The lowest BCUT2D eigenvalue weighted by Gasteiger charge is -2.11. The van der Waals surface area contributed by atoms with Crippen molar-refractivity contribution in [3.8, 4) is 11.5 Å². The van der Waals surface area contributed by atoms with Crippen LogP contribution >= 0.6 is 11.6 Å². The Morgan fingerprint density at radius 1 is 0.963 bits per heavy atom. The van der Waals surface area contributed by atoms with Gasteiger partial charge in [0.15, 0.2) is 0 Å². The maximum atomic E-state index is 12.5. The molecule has 27 heavy (non-hydrogen) atoms. The lowest BCUT2D eigenvalue weighted by atomic mass is 10.1. The van der Waals surface area contributed by atoms with Gasteiger partial charge < -0.3 is 14.8 Å². The van der Waals surface area contributed by atoms with Crippen molar-refractivity contribution in [3.05, 3.63) is 94.5 Å². The molecule has 0 radical (unpaired) electrons. The van der Waals surface area contributed by atoms with E-state index in [-0.39, 0.29) is 5.91 Å². The van der Waals surface area contributed by atoms with E-state index < -0.39 is 0 Å². The predicted octanol–water partition coefficient (Wildman–Crippen LogP) is 4.86. The number of methoxy groups -OCH3 is 1. The molecule has 0 aromatic heterocycles. The summed E-state index contributed by atoms with van der Waals surface area (Å²) in [6.45, 7) is 0.722. The summed E-state index contributed by atoms with van der Waals surface area (Å²) in [5, 5.41) is 3.56. The van der Waals surface area contributed by atoms with Crippen molar-refractivity contribution in [2.75, 3.05) is 7.11 Å². The molecule has 0 aliphatic carbocycles. The molecule has 0 spiro atoms. The number of carbonyl (C=O) groups is 1. The van der Waals surface area contributed by atoms with E-state index in [2.05, 4.69) is 5.32 Å². The van der Waals surface area contributed by atoms with Gasteiger partial charge in [-0.15, -0.1) is 0 Å². The molecule has 5 heteroatoms. The van der Waals surface area contributed by atoms with Crippen molar-refractivity contribution in [1.82, 2.24) is 5.32 Å². The maximum absolute atomic E-state index is 12.5. The number of halogens is 1. The first-order valence-corrected chi connectivity index (χ1v) is 8.91. The van der Waals surface area contributed by atoms with E-state index in [4.69, 9.17) is 21.1 Å². The molecule has 138 valence electrons. The lowest BCUT2D eigenvalue weighted by Crippen LogP contribution is -2.23. The number of para-hydroxylation sites is 1. The summed E-state index contributed by atoms with van der Waals surface area (Å²) in [6, 6.07) is 22.2. The Labute approximate surface area is 163 Å². The van der Waals surface area contributed by atoms with Gasteiger partial charge in [0.1, 0.15) is 18.1 Å². The van der Waals surface area contributed by atoms with Crippen molar-refractivity contribution in [3.63, 3.8) is 0 Å². The fourth-order valence-corrected chi connectivity index (χ4v) is 2.82. The van der Waals surface area contributed by atoms with Crippen molar-refractivity contribution in [2.45, 2.75) is 13.2 Å². The molecule has 0 fully saturated rings. The normalized spacial score (nSPS) is 10.3. The molecule has 1 amide bonds. The molecule has 0 saturated carbocycles. The molecule has 0 atom stereocenters. The SMILES string of the molecule is COc1ccccc1CNC(=O)c1cccc(OCc2ccccc2Cl)c1. The van der Waals surface area contributed by atoms with E-state index in [0.29, 0.717) is 29.5 Å². The smallest absolute Gasteiger partial charge is 0.251 e. The van der Waals surface area contributed by atoms with E-state index >= 15 is 0 Å². The first-order chi connectivity index (χ1) is 13.2. The lowest BCUT2D eigenvalue weighted by molar-refractivity contribution is 0.0950. The average molecular weight is 382 g/mol. The van der Waals surface area contributed by atoms with Crippen LogP contribution in [0.15, 0.2) is 72.8 Å². The minimum Gasteiger partial charge on any atom is -0.496 e. The monoisotopic (exact) mass is 381 g/mol. The fraction of sp³-hybridized carbons (Fsp3) is 0.136. The molecule has 0 heterocycles. The zero-order valence-corrected chi connectivity index (χ0v) is 15.7. The van der Waals surface area contributed by atoms with Gasteiger partial charge in [-0.3, -0.25) is 4.79 Å². The summed E-state index contributed by atoms with van der Waals surface area (Å²) < 4.78 is 11.1. The number of hydrogen-bond donors (Lipinski definition) is 1. The molecule has 3 aromatic rings. The number of carbonyl (C=O) groups excluding carboxylic acids is 1. The van der Waals surface area contributed by atoms with Crippen LogP contribution in [0.4, 0.5) is 0 Å². The highest BCUT2D eigenvalue weighted by molar-refractivity contribution is 6.31. The molecule has 0 bridgehead atoms. The molecule has 3 aromatic carbocycles. The summed E-state index contributed by atoms with van der Waals surface area (Å²) in [7, 11) is 1.61. The highest BCUT2D eigenvalue weighted by Crippen LogP contribution is 2.20. The molecule has 0 aliphatic heterocycles. The quantitative estimate of drug-likeness (QED) is 0.636. The van der Waals surface area contributed by atoms with Crippen molar-refractivity contribution in [1.29, 1.82) is 0 Å². The summed E-state index contributed by atoms with van der Waals surface area (Å²) in [6.07, 6.45) is 0. The maximum Gasteiger partial charge on any atom is 0.251 e.